The maximum atomic E-state index is 11.6. The zero-order valence-corrected chi connectivity index (χ0v) is 8.10. The zero-order valence-electron chi connectivity index (χ0n) is 8.10. The molecular weight excluding hydrogens is 174 g/mol. The highest BCUT2D eigenvalue weighted by molar-refractivity contribution is 6.08. The molecule has 72 valence electrons. The molecule has 0 atom stereocenters. The summed E-state index contributed by atoms with van der Waals surface area (Å²) in [5.74, 6) is -0.135. The molecule has 0 heterocycles. The number of allylic oxidation sites excluding steroid dienone is 4. The van der Waals surface area contributed by atoms with Gasteiger partial charge in [0.15, 0.2) is 0 Å². The number of ketones is 1. The van der Waals surface area contributed by atoms with Crippen LogP contribution in [0.5, 0.6) is 0 Å². The number of rotatable bonds is 3. The quantitative estimate of drug-likeness (QED) is 0.448. The highest BCUT2D eigenvalue weighted by atomic mass is 16.1. The van der Waals surface area contributed by atoms with Gasteiger partial charge < -0.3 is 5.73 Å². The molecule has 0 aromatic heterocycles. The Bertz CT molecular complexity index is 363. The van der Waals surface area contributed by atoms with Gasteiger partial charge in [-0.05, 0) is 13.0 Å². The lowest BCUT2D eigenvalue weighted by Crippen LogP contribution is -2.10. The predicted molar refractivity (Wildman–Crippen MR) is 57.9 cm³/mol. The van der Waals surface area contributed by atoms with Crippen LogP contribution in [0.15, 0.2) is 54.3 Å². The van der Waals surface area contributed by atoms with Crippen molar-refractivity contribution in [3.63, 3.8) is 0 Å². The maximum absolute atomic E-state index is 11.6. The third-order valence-corrected chi connectivity index (χ3v) is 1.77. The fourth-order valence-corrected chi connectivity index (χ4v) is 1.03. The van der Waals surface area contributed by atoms with Crippen LogP contribution in [-0.4, -0.2) is 5.78 Å². The van der Waals surface area contributed by atoms with E-state index in [0.717, 1.165) is 0 Å². The Kier molecular flexibility index (Phi) is 3.68. The first-order valence-corrected chi connectivity index (χ1v) is 4.44. The molecule has 0 aliphatic heterocycles. The zero-order chi connectivity index (χ0) is 10.4. The van der Waals surface area contributed by atoms with Gasteiger partial charge >= 0.3 is 0 Å². The van der Waals surface area contributed by atoms with Crippen molar-refractivity contribution < 1.29 is 4.79 Å². The SMILES string of the molecule is C/C=C\C=C(/N)C(=O)c1ccccc1. The number of hydrogen-bond donors (Lipinski definition) is 1. The van der Waals surface area contributed by atoms with Gasteiger partial charge in [0.1, 0.15) is 0 Å². The number of carbonyl (C=O) groups is 1. The predicted octanol–water partition coefficient (Wildman–Crippen LogP) is 2.29. The van der Waals surface area contributed by atoms with Crippen molar-refractivity contribution in [3.05, 3.63) is 59.8 Å². The molecule has 0 aliphatic rings. The van der Waals surface area contributed by atoms with E-state index >= 15 is 0 Å². The molecule has 2 N–H and O–H groups in total. The lowest BCUT2D eigenvalue weighted by atomic mass is 10.1. The third-order valence-electron chi connectivity index (χ3n) is 1.77. The monoisotopic (exact) mass is 187 g/mol. The summed E-state index contributed by atoms with van der Waals surface area (Å²) >= 11 is 0. The van der Waals surface area contributed by atoms with Gasteiger partial charge in [0, 0.05) is 5.56 Å². The van der Waals surface area contributed by atoms with Crippen LogP contribution >= 0.6 is 0 Å². The van der Waals surface area contributed by atoms with Crippen LogP contribution < -0.4 is 5.73 Å². The van der Waals surface area contributed by atoms with Crippen molar-refractivity contribution in [2.75, 3.05) is 0 Å². The van der Waals surface area contributed by atoms with Crippen molar-refractivity contribution >= 4 is 5.78 Å². The Balaban J connectivity index is 2.86. The van der Waals surface area contributed by atoms with Gasteiger partial charge in [-0.1, -0.05) is 42.5 Å². The van der Waals surface area contributed by atoms with E-state index in [-0.39, 0.29) is 11.5 Å². The van der Waals surface area contributed by atoms with Gasteiger partial charge in [-0.15, -0.1) is 0 Å². The van der Waals surface area contributed by atoms with Crippen LogP contribution in [0, 0.1) is 0 Å². The molecule has 0 unspecified atom stereocenters. The molecule has 0 saturated heterocycles. The Morgan fingerprint density at radius 1 is 1.29 bits per heavy atom. The lowest BCUT2D eigenvalue weighted by molar-refractivity contribution is 0.103. The average molecular weight is 187 g/mol. The Morgan fingerprint density at radius 2 is 1.93 bits per heavy atom. The Labute approximate surface area is 83.7 Å². The first-order valence-electron chi connectivity index (χ1n) is 4.44. The summed E-state index contributed by atoms with van der Waals surface area (Å²) in [5.41, 5.74) is 6.47. The van der Waals surface area contributed by atoms with Crippen molar-refractivity contribution in [1.82, 2.24) is 0 Å². The standard InChI is InChI=1S/C12H13NO/c1-2-3-9-11(13)12(14)10-7-5-4-6-8-10/h2-9H,13H2,1H3/b3-2-,11-9-. The Hall–Kier alpha value is -1.83. The highest BCUT2D eigenvalue weighted by Crippen LogP contribution is 2.04. The molecule has 0 spiro atoms. The van der Waals surface area contributed by atoms with Crippen LogP contribution in [0.2, 0.25) is 0 Å². The van der Waals surface area contributed by atoms with Crippen molar-refractivity contribution in [1.29, 1.82) is 0 Å². The van der Waals surface area contributed by atoms with E-state index in [1.54, 1.807) is 24.3 Å². The lowest BCUT2D eigenvalue weighted by Gasteiger charge is -1.98. The molecule has 0 aliphatic carbocycles. The van der Waals surface area contributed by atoms with Crippen molar-refractivity contribution in [3.8, 4) is 0 Å². The summed E-state index contributed by atoms with van der Waals surface area (Å²) in [6, 6.07) is 8.99. The summed E-state index contributed by atoms with van der Waals surface area (Å²) in [5, 5.41) is 0. The van der Waals surface area contributed by atoms with Gasteiger partial charge in [0.05, 0.1) is 5.70 Å². The van der Waals surface area contributed by atoms with Crippen LogP contribution in [0.4, 0.5) is 0 Å². The summed E-state index contributed by atoms with van der Waals surface area (Å²) in [6.07, 6.45) is 5.18. The molecule has 1 aromatic carbocycles. The topological polar surface area (TPSA) is 43.1 Å². The van der Waals surface area contributed by atoms with E-state index in [1.807, 2.05) is 31.2 Å². The van der Waals surface area contributed by atoms with E-state index in [4.69, 9.17) is 5.73 Å². The van der Waals surface area contributed by atoms with Crippen LogP contribution in [0.25, 0.3) is 0 Å². The minimum Gasteiger partial charge on any atom is -0.396 e. The van der Waals surface area contributed by atoms with Crippen molar-refractivity contribution in [2.24, 2.45) is 5.73 Å². The summed E-state index contributed by atoms with van der Waals surface area (Å²) in [7, 11) is 0. The summed E-state index contributed by atoms with van der Waals surface area (Å²) < 4.78 is 0. The minimum absolute atomic E-state index is 0.135. The fraction of sp³-hybridized carbons (Fsp3) is 0.0833. The maximum Gasteiger partial charge on any atom is 0.208 e. The van der Waals surface area contributed by atoms with Crippen molar-refractivity contribution in [2.45, 2.75) is 6.92 Å². The second-order valence-electron chi connectivity index (χ2n) is 2.84. The van der Waals surface area contributed by atoms with E-state index in [0.29, 0.717) is 5.56 Å². The third kappa shape index (κ3) is 2.59. The average Bonchev–Trinajstić information content (AvgIpc) is 2.26. The normalized spacial score (nSPS) is 11.9. The largest absolute Gasteiger partial charge is 0.396 e. The number of Topliss-reactive ketones (excluding diaryl/α,β-unsaturated/α-hetero) is 1. The number of benzene rings is 1. The molecule has 0 amide bonds. The van der Waals surface area contributed by atoms with Gasteiger partial charge in [-0.25, -0.2) is 0 Å². The van der Waals surface area contributed by atoms with Crippen LogP contribution in [-0.2, 0) is 0 Å². The molecule has 2 nitrogen and oxygen atoms in total. The molecule has 2 heteroatoms. The van der Waals surface area contributed by atoms with E-state index in [9.17, 15) is 4.79 Å². The molecular formula is C12H13NO. The molecule has 0 bridgehead atoms. The molecule has 0 saturated carbocycles. The fourth-order valence-electron chi connectivity index (χ4n) is 1.03. The van der Waals surface area contributed by atoms with Crippen LogP contribution in [0.1, 0.15) is 17.3 Å². The van der Waals surface area contributed by atoms with Gasteiger partial charge in [0.2, 0.25) is 5.78 Å². The minimum atomic E-state index is -0.135. The second kappa shape index (κ2) is 5.02. The molecule has 1 rings (SSSR count). The van der Waals surface area contributed by atoms with E-state index in [1.165, 1.54) is 0 Å². The first-order chi connectivity index (χ1) is 6.75. The number of carbonyl (C=O) groups excluding carboxylic acids is 1. The van der Waals surface area contributed by atoms with E-state index in [2.05, 4.69) is 0 Å². The molecule has 1 aromatic rings. The van der Waals surface area contributed by atoms with E-state index < -0.39 is 0 Å². The van der Waals surface area contributed by atoms with Gasteiger partial charge in [-0.2, -0.15) is 0 Å². The first kappa shape index (κ1) is 10.3. The smallest absolute Gasteiger partial charge is 0.208 e. The second-order valence-corrected chi connectivity index (χ2v) is 2.84. The number of nitrogens with two attached hydrogens (primary N) is 1. The van der Waals surface area contributed by atoms with Gasteiger partial charge in [-0.3, -0.25) is 4.79 Å². The van der Waals surface area contributed by atoms with Crippen LogP contribution in [0.3, 0.4) is 0 Å². The molecule has 0 fully saturated rings. The Morgan fingerprint density at radius 3 is 2.50 bits per heavy atom. The highest BCUT2D eigenvalue weighted by Gasteiger charge is 2.06. The molecule has 14 heavy (non-hydrogen) atoms. The number of hydrogen-bond acceptors (Lipinski definition) is 2. The van der Waals surface area contributed by atoms with Gasteiger partial charge in [0.25, 0.3) is 0 Å². The molecule has 0 radical (unpaired) electrons. The summed E-state index contributed by atoms with van der Waals surface area (Å²) in [4.78, 5) is 11.6. The summed E-state index contributed by atoms with van der Waals surface area (Å²) in [6.45, 7) is 1.87.